The monoisotopic (exact) mass is 355 g/mol. The standard InChI is InChI=1S/C22H29NO3/c24-22-19-10-9-18(25-14-13-23-11-5-2-6-12-23)15-21(19)26-16-20(22)17-7-3-1-4-8-17/h1,3-4,7-8,16,18-19,21H,2,5-6,9-15H2. The highest BCUT2D eigenvalue weighted by Gasteiger charge is 2.40. The number of carbonyl (C=O) groups excluding carboxylic acids is 1. The van der Waals surface area contributed by atoms with Gasteiger partial charge in [-0.15, -0.1) is 0 Å². The first-order chi connectivity index (χ1) is 12.8. The van der Waals surface area contributed by atoms with E-state index >= 15 is 0 Å². The normalized spacial score (nSPS) is 29.6. The molecule has 2 fully saturated rings. The Morgan fingerprint density at radius 2 is 1.88 bits per heavy atom. The fourth-order valence-corrected chi connectivity index (χ4v) is 4.47. The zero-order valence-electron chi connectivity index (χ0n) is 15.4. The second-order valence-electron chi connectivity index (χ2n) is 7.75. The Kier molecular flexibility index (Phi) is 5.71. The number of hydrogen-bond donors (Lipinski definition) is 0. The van der Waals surface area contributed by atoms with Crippen molar-refractivity contribution in [2.24, 2.45) is 5.92 Å². The van der Waals surface area contributed by atoms with E-state index in [1.165, 1.54) is 32.4 Å². The minimum absolute atomic E-state index is 0.0165. The summed E-state index contributed by atoms with van der Waals surface area (Å²) in [5, 5.41) is 0. The molecule has 4 heteroatoms. The molecule has 1 saturated heterocycles. The molecule has 26 heavy (non-hydrogen) atoms. The molecule has 1 aliphatic carbocycles. The van der Waals surface area contributed by atoms with Gasteiger partial charge in [-0.05, 0) is 44.3 Å². The molecule has 2 aliphatic heterocycles. The molecule has 0 radical (unpaired) electrons. The predicted octanol–water partition coefficient (Wildman–Crippen LogP) is 3.67. The lowest BCUT2D eigenvalue weighted by molar-refractivity contribution is -0.128. The number of carbonyl (C=O) groups is 1. The van der Waals surface area contributed by atoms with E-state index in [1.54, 1.807) is 6.26 Å². The zero-order valence-corrected chi connectivity index (χ0v) is 15.4. The van der Waals surface area contributed by atoms with E-state index in [4.69, 9.17) is 9.47 Å². The molecule has 1 aromatic carbocycles. The van der Waals surface area contributed by atoms with Gasteiger partial charge in [0.1, 0.15) is 6.10 Å². The van der Waals surface area contributed by atoms with E-state index in [9.17, 15) is 4.79 Å². The lowest BCUT2D eigenvalue weighted by Gasteiger charge is -2.37. The van der Waals surface area contributed by atoms with E-state index in [0.29, 0.717) is 0 Å². The van der Waals surface area contributed by atoms with Crippen LogP contribution in [0, 0.1) is 5.92 Å². The Balaban J connectivity index is 1.29. The van der Waals surface area contributed by atoms with Gasteiger partial charge in [0.25, 0.3) is 0 Å². The molecule has 0 amide bonds. The molecule has 2 heterocycles. The number of ether oxygens (including phenoxy) is 2. The molecule has 3 unspecified atom stereocenters. The van der Waals surface area contributed by atoms with Gasteiger partial charge in [0.2, 0.25) is 0 Å². The second-order valence-corrected chi connectivity index (χ2v) is 7.75. The zero-order chi connectivity index (χ0) is 17.8. The van der Waals surface area contributed by atoms with Crippen LogP contribution in [0.2, 0.25) is 0 Å². The average molecular weight is 355 g/mol. The molecule has 3 atom stereocenters. The third kappa shape index (κ3) is 4.02. The van der Waals surface area contributed by atoms with Crippen molar-refractivity contribution in [1.29, 1.82) is 0 Å². The summed E-state index contributed by atoms with van der Waals surface area (Å²) in [4.78, 5) is 15.4. The number of piperidine rings is 1. The third-order valence-electron chi connectivity index (χ3n) is 6.00. The highest BCUT2D eigenvalue weighted by molar-refractivity contribution is 6.22. The number of Topliss-reactive ketones (excluding diaryl/α,β-unsaturated/α-hetero) is 1. The number of hydrogen-bond acceptors (Lipinski definition) is 4. The maximum absolute atomic E-state index is 12.9. The van der Waals surface area contributed by atoms with Gasteiger partial charge in [-0.25, -0.2) is 0 Å². The van der Waals surface area contributed by atoms with E-state index in [2.05, 4.69) is 4.90 Å². The molecule has 3 aliphatic rings. The lowest BCUT2D eigenvalue weighted by atomic mass is 9.78. The fraction of sp³-hybridized carbons (Fsp3) is 0.591. The van der Waals surface area contributed by atoms with Crippen LogP contribution in [-0.2, 0) is 14.3 Å². The van der Waals surface area contributed by atoms with E-state index in [-0.39, 0.29) is 23.9 Å². The first kappa shape index (κ1) is 17.7. The molecule has 0 spiro atoms. The maximum Gasteiger partial charge on any atom is 0.173 e. The van der Waals surface area contributed by atoms with Gasteiger partial charge in [0, 0.05) is 13.0 Å². The van der Waals surface area contributed by atoms with Crippen molar-refractivity contribution in [3.05, 3.63) is 42.2 Å². The number of rotatable bonds is 5. The van der Waals surface area contributed by atoms with Gasteiger partial charge in [-0.2, -0.15) is 0 Å². The summed E-state index contributed by atoms with van der Waals surface area (Å²) in [6.07, 6.45) is 8.53. The number of fused-ring (bicyclic) bond motifs is 1. The summed E-state index contributed by atoms with van der Waals surface area (Å²) in [6.45, 7) is 4.25. The molecule has 4 rings (SSSR count). The highest BCUT2D eigenvalue weighted by atomic mass is 16.5. The van der Waals surface area contributed by atoms with Crippen molar-refractivity contribution in [2.45, 2.75) is 50.7 Å². The predicted molar refractivity (Wildman–Crippen MR) is 102 cm³/mol. The Labute approximate surface area is 156 Å². The molecule has 0 aromatic heterocycles. The molecular weight excluding hydrogens is 326 g/mol. The van der Waals surface area contributed by atoms with Crippen molar-refractivity contribution in [1.82, 2.24) is 4.90 Å². The third-order valence-corrected chi connectivity index (χ3v) is 6.00. The summed E-state index contributed by atoms with van der Waals surface area (Å²) in [5.74, 6) is 0.219. The van der Waals surface area contributed by atoms with Crippen LogP contribution in [-0.4, -0.2) is 49.1 Å². The van der Waals surface area contributed by atoms with Gasteiger partial charge < -0.3 is 14.4 Å². The Bertz CT molecular complexity index is 636. The number of allylic oxidation sites excluding steroid dienone is 1. The van der Waals surface area contributed by atoms with Crippen molar-refractivity contribution in [2.75, 3.05) is 26.2 Å². The molecule has 0 N–H and O–H groups in total. The van der Waals surface area contributed by atoms with Crippen LogP contribution in [0.3, 0.4) is 0 Å². The SMILES string of the molecule is O=C1C(c2ccccc2)=COC2CC(OCCN3CCCCC3)CCC12. The van der Waals surface area contributed by atoms with Crippen LogP contribution in [0.25, 0.3) is 5.57 Å². The van der Waals surface area contributed by atoms with Crippen LogP contribution >= 0.6 is 0 Å². The number of nitrogens with zero attached hydrogens (tertiary/aromatic N) is 1. The molecule has 140 valence electrons. The van der Waals surface area contributed by atoms with Crippen LogP contribution in [0.5, 0.6) is 0 Å². The molecule has 0 bridgehead atoms. The maximum atomic E-state index is 12.9. The van der Waals surface area contributed by atoms with Gasteiger partial charge in [-0.1, -0.05) is 36.8 Å². The fourth-order valence-electron chi connectivity index (χ4n) is 4.47. The van der Waals surface area contributed by atoms with Crippen LogP contribution in [0.1, 0.15) is 44.1 Å². The number of likely N-dealkylation sites (tertiary alicyclic amines) is 1. The summed E-state index contributed by atoms with van der Waals surface area (Å²) in [7, 11) is 0. The van der Waals surface area contributed by atoms with Crippen molar-refractivity contribution in [3.63, 3.8) is 0 Å². The van der Waals surface area contributed by atoms with Gasteiger partial charge in [0.05, 0.1) is 30.5 Å². The Morgan fingerprint density at radius 1 is 1.08 bits per heavy atom. The van der Waals surface area contributed by atoms with E-state index in [1.807, 2.05) is 30.3 Å². The largest absolute Gasteiger partial charge is 0.496 e. The minimum Gasteiger partial charge on any atom is -0.496 e. The second kappa shape index (κ2) is 8.36. The average Bonchev–Trinajstić information content (AvgIpc) is 2.70. The van der Waals surface area contributed by atoms with Crippen LogP contribution in [0.4, 0.5) is 0 Å². The van der Waals surface area contributed by atoms with Crippen molar-refractivity contribution in [3.8, 4) is 0 Å². The van der Waals surface area contributed by atoms with Crippen LogP contribution < -0.4 is 0 Å². The first-order valence-corrected chi connectivity index (χ1v) is 10.1. The molecule has 1 saturated carbocycles. The first-order valence-electron chi connectivity index (χ1n) is 10.1. The van der Waals surface area contributed by atoms with Gasteiger partial charge in [0.15, 0.2) is 5.78 Å². The molecular formula is C22H29NO3. The Morgan fingerprint density at radius 3 is 2.69 bits per heavy atom. The van der Waals surface area contributed by atoms with Crippen molar-refractivity contribution < 1.29 is 14.3 Å². The molecule has 4 nitrogen and oxygen atoms in total. The van der Waals surface area contributed by atoms with Crippen LogP contribution in [0.15, 0.2) is 36.6 Å². The smallest absolute Gasteiger partial charge is 0.173 e. The van der Waals surface area contributed by atoms with E-state index in [0.717, 1.165) is 43.6 Å². The highest BCUT2D eigenvalue weighted by Crippen LogP contribution is 2.37. The quantitative estimate of drug-likeness (QED) is 0.808. The van der Waals surface area contributed by atoms with E-state index < -0.39 is 0 Å². The number of benzene rings is 1. The van der Waals surface area contributed by atoms with Crippen molar-refractivity contribution >= 4 is 11.4 Å². The summed E-state index contributed by atoms with van der Waals surface area (Å²) < 4.78 is 12.1. The lowest BCUT2D eigenvalue weighted by Crippen LogP contribution is -2.42. The number of ketones is 1. The summed E-state index contributed by atoms with van der Waals surface area (Å²) >= 11 is 0. The topological polar surface area (TPSA) is 38.8 Å². The Hall–Kier alpha value is -1.65. The minimum atomic E-state index is -0.0244. The summed E-state index contributed by atoms with van der Waals surface area (Å²) in [6, 6.07) is 9.84. The van der Waals surface area contributed by atoms with Gasteiger partial charge in [-0.3, -0.25) is 4.79 Å². The summed E-state index contributed by atoms with van der Waals surface area (Å²) in [5.41, 5.74) is 1.67. The molecule has 1 aromatic rings. The van der Waals surface area contributed by atoms with Gasteiger partial charge >= 0.3 is 0 Å².